The van der Waals surface area contributed by atoms with E-state index in [1.807, 2.05) is 0 Å². The third kappa shape index (κ3) is 4.55. The summed E-state index contributed by atoms with van der Waals surface area (Å²) < 4.78 is 24.6. The van der Waals surface area contributed by atoms with Gasteiger partial charge < -0.3 is 5.32 Å². The van der Waals surface area contributed by atoms with Crippen molar-refractivity contribution in [2.75, 3.05) is 18.1 Å². The standard InChI is InChI=1S/C14H22BrNO2S2/c1-10(2)16-8-12(7-14-13(15)3-5-19-14)11-4-6-20(17,18)9-11/h3,5,10-12,16H,4,6-9H2,1-2H3. The molecule has 1 aliphatic heterocycles. The van der Waals surface area contributed by atoms with Crippen LogP contribution in [0, 0.1) is 11.8 Å². The largest absolute Gasteiger partial charge is 0.314 e. The van der Waals surface area contributed by atoms with Gasteiger partial charge >= 0.3 is 0 Å². The van der Waals surface area contributed by atoms with Crippen LogP contribution in [0.1, 0.15) is 25.1 Å². The van der Waals surface area contributed by atoms with E-state index in [9.17, 15) is 8.42 Å². The predicted octanol–water partition coefficient (Wildman–Crippen LogP) is 3.10. The van der Waals surface area contributed by atoms with Crippen LogP contribution >= 0.6 is 27.3 Å². The smallest absolute Gasteiger partial charge is 0.150 e. The number of nitrogens with one attached hydrogen (secondary N) is 1. The molecule has 1 saturated heterocycles. The summed E-state index contributed by atoms with van der Waals surface area (Å²) in [6, 6.07) is 2.50. The van der Waals surface area contributed by atoms with Gasteiger partial charge in [0, 0.05) is 15.4 Å². The second-order valence-electron chi connectivity index (χ2n) is 5.88. The number of halogens is 1. The monoisotopic (exact) mass is 379 g/mol. The van der Waals surface area contributed by atoms with Crippen molar-refractivity contribution in [2.24, 2.45) is 11.8 Å². The van der Waals surface area contributed by atoms with Gasteiger partial charge in [-0.05, 0) is 58.6 Å². The summed E-state index contributed by atoms with van der Waals surface area (Å²) in [4.78, 5) is 1.32. The maximum absolute atomic E-state index is 11.7. The van der Waals surface area contributed by atoms with Crippen LogP contribution in [0.4, 0.5) is 0 Å². The molecule has 0 amide bonds. The molecule has 1 aromatic heterocycles. The van der Waals surface area contributed by atoms with Crippen molar-refractivity contribution in [3.63, 3.8) is 0 Å². The molecule has 114 valence electrons. The summed E-state index contributed by atoms with van der Waals surface area (Å²) in [5, 5.41) is 5.56. The summed E-state index contributed by atoms with van der Waals surface area (Å²) >= 11 is 5.32. The van der Waals surface area contributed by atoms with Crippen molar-refractivity contribution in [3.8, 4) is 0 Å². The van der Waals surface area contributed by atoms with E-state index in [2.05, 4.69) is 46.5 Å². The van der Waals surface area contributed by atoms with E-state index in [1.54, 1.807) is 11.3 Å². The molecule has 2 rings (SSSR count). The fraction of sp³-hybridized carbons (Fsp3) is 0.714. The van der Waals surface area contributed by atoms with Crippen molar-refractivity contribution in [2.45, 2.75) is 32.7 Å². The lowest BCUT2D eigenvalue weighted by Crippen LogP contribution is -2.34. The summed E-state index contributed by atoms with van der Waals surface area (Å²) in [6.45, 7) is 5.15. The quantitative estimate of drug-likeness (QED) is 0.825. The second-order valence-corrected chi connectivity index (χ2v) is 9.97. The highest BCUT2D eigenvalue weighted by molar-refractivity contribution is 9.10. The molecule has 1 aliphatic rings. The van der Waals surface area contributed by atoms with Crippen LogP contribution in [0.5, 0.6) is 0 Å². The van der Waals surface area contributed by atoms with Gasteiger partial charge in [0.25, 0.3) is 0 Å². The molecule has 0 spiro atoms. The third-order valence-corrected chi connectivity index (χ3v) is 7.60. The lowest BCUT2D eigenvalue weighted by molar-refractivity contribution is 0.335. The highest BCUT2D eigenvalue weighted by atomic mass is 79.9. The van der Waals surface area contributed by atoms with Gasteiger partial charge in [-0.1, -0.05) is 13.8 Å². The first kappa shape index (κ1) is 16.5. The highest BCUT2D eigenvalue weighted by Gasteiger charge is 2.34. The van der Waals surface area contributed by atoms with Gasteiger partial charge in [0.2, 0.25) is 0 Å². The average molecular weight is 380 g/mol. The Labute approximate surface area is 134 Å². The molecular formula is C14H22BrNO2S2. The Bertz CT molecular complexity index is 539. The van der Waals surface area contributed by atoms with E-state index in [4.69, 9.17) is 0 Å². The lowest BCUT2D eigenvalue weighted by Gasteiger charge is -2.24. The van der Waals surface area contributed by atoms with Gasteiger partial charge in [-0.3, -0.25) is 0 Å². The minimum Gasteiger partial charge on any atom is -0.314 e. The molecule has 1 N–H and O–H groups in total. The maximum atomic E-state index is 11.7. The zero-order valence-electron chi connectivity index (χ0n) is 11.9. The van der Waals surface area contributed by atoms with E-state index >= 15 is 0 Å². The van der Waals surface area contributed by atoms with Crippen LogP contribution in [-0.2, 0) is 16.3 Å². The molecule has 1 aromatic rings. The first-order valence-corrected chi connectivity index (χ1v) is 10.5. The fourth-order valence-corrected chi connectivity index (χ4v) is 6.23. The molecule has 0 aliphatic carbocycles. The van der Waals surface area contributed by atoms with Crippen LogP contribution in [0.25, 0.3) is 0 Å². The van der Waals surface area contributed by atoms with Crippen LogP contribution < -0.4 is 5.32 Å². The summed E-state index contributed by atoms with van der Waals surface area (Å²) in [5.74, 6) is 1.41. The Hall–Kier alpha value is 0.0900. The van der Waals surface area contributed by atoms with Gasteiger partial charge in [0.15, 0.2) is 9.84 Å². The molecule has 1 fully saturated rings. The van der Waals surface area contributed by atoms with Gasteiger partial charge in [-0.2, -0.15) is 0 Å². The molecule has 2 unspecified atom stereocenters. The summed E-state index contributed by atoms with van der Waals surface area (Å²) in [6.07, 6.45) is 1.77. The van der Waals surface area contributed by atoms with E-state index in [0.717, 1.165) is 23.9 Å². The number of hydrogen-bond donors (Lipinski definition) is 1. The zero-order chi connectivity index (χ0) is 14.8. The molecule has 2 atom stereocenters. The van der Waals surface area contributed by atoms with Gasteiger partial charge in [0.05, 0.1) is 11.5 Å². The summed E-state index contributed by atoms with van der Waals surface area (Å²) in [7, 11) is -2.80. The van der Waals surface area contributed by atoms with Crippen molar-refractivity contribution in [1.82, 2.24) is 5.32 Å². The molecule has 0 radical (unpaired) electrons. The Morgan fingerprint density at radius 3 is 2.75 bits per heavy atom. The average Bonchev–Trinajstić information content (AvgIpc) is 2.90. The lowest BCUT2D eigenvalue weighted by atomic mass is 9.88. The molecule has 20 heavy (non-hydrogen) atoms. The predicted molar refractivity (Wildman–Crippen MR) is 89.1 cm³/mol. The maximum Gasteiger partial charge on any atom is 0.150 e. The van der Waals surface area contributed by atoms with Crippen LogP contribution in [0.2, 0.25) is 0 Å². The van der Waals surface area contributed by atoms with Crippen LogP contribution in [-0.4, -0.2) is 32.5 Å². The van der Waals surface area contributed by atoms with Crippen molar-refractivity contribution in [3.05, 3.63) is 20.8 Å². The molecule has 0 bridgehead atoms. The van der Waals surface area contributed by atoms with Crippen molar-refractivity contribution < 1.29 is 8.42 Å². The number of thiophene rings is 1. The van der Waals surface area contributed by atoms with Crippen molar-refractivity contribution in [1.29, 1.82) is 0 Å². The molecule has 6 heteroatoms. The van der Waals surface area contributed by atoms with Crippen LogP contribution in [0.3, 0.4) is 0 Å². The first-order chi connectivity index (χ1) is 9.37. The number of hydrogen-bond acceptors (Lipinski definition) is 4. The second kappa shape index (κ2) is 6.90. The topological polar surface area (TPSA) is 46.2 Å². The van der Waals surface area contributed by atoms with Gasteiger partial charge in [-0.25, -0.2) is 8.42 Å². The first-order valence-electron chi connectivity index (χ1n) is 7.03. The van der Waals surface area contributed by atoms with Crippen LogP contribution in [0.15, 0.2) is 15.9 Å². The Kier molecular flexibility index (Phi) is 5.68. The summed E-state index contributed by atoms with van der Waals surface area (Å²) in [5.41, 5.74) is 0. The van der Waals surface area contributed by atoms with Gasteiger partial charge in [-0.15, -0.1) is 11.3 Å². The molecular weight excluding hydrogens is 358 g/mol. The van der Waals surface area contributed by atoms with E-state index in [0.29, 0.717) is 29.4 Å². The fourth-order valence-electron chi connectivity index (χ4n) is 2.70. The van der Waals surface area contributed by atoms with E-state index in [-0.39, 0.29) is 0 Å². The highest BCUT2D eigenvalue weighted by Crippen LogP contribution is 2.32. The van der Waals surface area contributed by atoms with Gasteiger partial charge in [0.1, 0.15) is 0 Å². The molecule has 3 nitrogen and oxygen atoms in total. The van der Waals surface area contributed by atoms with E-state index < -0.39 is 9.84 Å². The molecule has 2 heterocycles. The molecule has 0 aromatic carbocycles. The minimum absolute atomic E-state index is 0.292. The minimum atomic E-state index is -2.80. The van der Waals surface area contributed by atoms with E-state index in [1.165, 1.54) is 4.88 Å². The third-order valence-electron chi connectivity index (χ3n) is 3.86. The SMILES string of the molecule is CC(C)NCC(Cc1sccc1Br)C1CCS(=O)(=O)C1. The normalized spacial score (nSPS) is 23.3. The zero-order valence-corrected chi connectivity index (χ0v) is 15.2. The number of sulfone groups is 1. The molecule has 0 saturated carbocycles. The number of rotatable bonds is 6. The Balaban J connectivity index is 2.06. The van der Waals surface area contributed by atoms with Crippen molar-refractivity contribution >= 4 is 37.1 Å². The Morgan fingerprint density at radius 2 is 2.25 bits per heavy atom. The Morgan fingerprint density at radius 1 is 1.50 bits per heavy atom.